The molecule has 2 heterocycles. The van der Waals surface area contributed by atoms with Crippen LogP contribution in [0.5, 0.6) is 28.7 Å². The van der Waals surface area contributed by atoms with E-state index in [-0.39, 0.29) is 33.9 Å². The van der Waals surface area contributed by atoms with Crippen LogP contribution in [-0.2, 0) is 9.53 Å². The highest BCUT2D eigenvalue weighted by molar-refractivity contribution is 5.96. The number of rotatable bonds is 8. The average Bonchev–Trinajstić information content (AvgIpc) is 3.01. The third-order valence-electron chi connectivity index (χ3n) is 6.93. The lowest BCUT2D eigenvalue weighted by Gasteiger charge is -2.39. The van der Waals surface area contributed by atoms with Crippen LogP contribution in [0.2, 0.25) is 0 Å². The summed E-state index contributed by atoms with van der Waals surface area (Å²) in [7, 11) is 4.14. The third kappa shape index (κ3) is 5.66. The van der Waals surface area contributed by atoms with Gasteiger partial charge in [-0.15, -0.1) is 0 Å². The summed E-state index contributed by atoms with van der Waals surface area (Å²) >= 11 is 0. The van der Waals surface area contributed by atoms with Gasteiger partial charge in [-0.25, -0.2) is 0 Å². The van der Waals surface area contributed by atoms with Gasteiger partial charge >= 0.3 is 0 Å². The molecule has 5 unspecified atom stereocenters. The van der Waals surface area contributed by atoms with Crippen molar-refractivity contribution in [2.24, 2.45) is 0 Å². The van der Waals surface area contributed by atoms with Gasteiger partial charge < -0.3 is 53.8 Å². The number of hydrogen-bond acceptors (Lipinski definition) is 12. The fourth-order valence-electron chi connectivity index (χ4n) is 4.68. The topological polar surface area (TPSA) is 186 Å². The fourth-order valence-corrected chi connectivity index (χ4v) is 4.68. The molecule has 226 valence electrons. The van der Waals surface area contributed by atoms with E-state index in [4.69, 9.17) is 28.1 Å². The van der Waals surface area contributed by atoms with E-state index in [0.29, 0.717) is 17.1 Å². The van der Waals surface area contributed by atoms with Gasteiger partial charge in [0.1, 0.15) is 46.5 Å². The van der Waals surface area contributed by atoms with E-state index in [1.165, 1.54) is 33.5 Å². The molecule has 43 heavy (non-hydrogen) atoms. The molecule has 0 spiro atoms. The Kier molecular flexibility index (Phi) is 8.41. The van der Waals surface area contributed by atoms with Crippen LogP contribution < -0.4 is 29.7 Å². The van der Waals surface area contributed by atoms with Crippen LogP contribution in [0.1, 0.15) is 0 Å². The normalized spacial score (nSPS) is 21.7. The van der Waals surface area contributed by atoms with E-state index < -0.39 is 47.8 Å². The maximum atomic E-state index is 13.1. The van der Waals surface area contributed by atoms with Gasteiger partial charge in [0.2, 0.25) is 12.0 Å². The van der Waals surface area contributed by atoms with Crippen LogP contribution in [-0.4, -0.2) is 78.4 Å². The van der Waals surface area contributed by atoms with Crippen molar-refractivity contribution >= 4 is 22.6 Å². The lowest BCUT2D eigenvalue weighted by molar-refractivity contribution is -0.265. The quantitative estimate of drug-likeness (QED) is 0.200. The Hall–Kier alpha value is -4.82. The standard InChI is InChI=1S/C30H29NO12/c1-38-15-10-8-14(9-11-15)19-12-17(32)22-20(41-19)13-21(27(40-3)23(22)33)42-30-26(36)24(34)25(35)28(43-30)29(37)31-16-6-4-5-7-18(16)39-2/h4-13,24-26,28,30,33-36H,1-3H3,(H,31,37). The number of para-hydroxylation sites is 2. The smallest absolute Gasteiger partial charge is 0.256 e. The summed E-state index contributed by atoms with van der Waals surface area (Å²) in [5.41, 5.74) is 0.148. The average molecular weight is 596 g/mol. The number of phenols is 1. The van der Waals surface area contributed by atoms with E-state index >= 15 is 0 Å². The highest BCUT2D eigenvalue weighted by atomic mass is 16.7. The van der Waals surface area contributed by atoms with Crippen LogP contribution >= 0.6 is 0 Å². The highest BCUT2D eigenvalue weighted by Crippen LogP contribution is 2.43. The molecule has 1 aromatic heterocycles. The second-order valence-corrected chi connectivity index (χ2v) is 9.54. The molecule has 1 fully saturated rings. The second kappa shape index (κ2) is 12.2. The molecule has 3 aromatic carbocycles. The first-order chi connectivity index (χ1) is 20.7. The number of aliphatic hydroxyl groups is 3. The van der Waals surface area contributed by atoms with Gasteiger partial charge in [-0.1, -0.05) is 12.1 Å². The minimum absolute atomic E-state index is 0.0945. The van der Waals surface area contributed by atoms with Crippen LogP contribution in [0.15, 0.2) is 69.9 Å². The molecule has 5 rings (SSSR count). The monoisotopic (exact) mass is 595 g/mol. The van der Waals surface area contributed by atoms with Crippen LogP contribution in [0, 0.1) is 0 Å². The molecule has 1 amide bonds. The Morgan fingerprint density at radius 2 is 1.58 bits per heavy atom. The zero-order chi connectivity index (χ0) is 30.8. The minimum atomic E-state index is -1.87. The molecule has 0 aliphatic carbocycles. The summed E-state index contributed by atoms with van der Waals surface area (Å²) < 4.78 is 33.0. The second-order valence-electron chi connectivity index (χ2n) is 9.54. The fraction of sp³-hybridized carbons (Fsp3) is 0.267. The summed E-state index contributed by atoms with van der Waals surface area (Å²) in [6.07, 6.45) is -8.99. The first kappa shape index (κ1) is 29.7. The number of aromatic hydroxyl groups is 1. The number of amides is 1. The number of benzene rings is 3. The van der Waals surface area contributed by atoms with E-state index in [1.54, 1.807) is 48.5 Å². The Morgan fingerprint density at radius 1 is 0.860 bits per heavy atom. The minimum Gasteiger partial charge on any atom is -0.504 e. The van der Waals surface area contributed by atoms with Gasteiger partial charge in [0.15, 0.2) is 23.0 Å². The molecular formula is C30H29NO12. The number of carbonyl (C=O) groups excluding carboxylic acids is 1. The zero-order valence-electron chi connectivity index (χ0n) is 23.2. The molecule has 1 aliphatic heterocycles. The zero-order valence-corrected chi connectivity index (χ0v) is 23.2. The summed E-state index contributed by atoms with van der Waals surface area (Å²) in [5, 5.41) is 45.1. The van der Waals surface area contributed by atoms with E-state index in [2.05, 4.69) is 5.32 Å². The summed E-state index contributed by atoms with van der Waals surface area (Å²) in [6.45, 7) is 0. The number of phenolic OH excluding ortho intramolecular Hbond substituents is 1. The molecule has 13 heteroatoms. The lowest BCUT2D eigenvalue weighted by Crippen LogP contribution is -2.62. The molecule has 1 aliphatic rings. The number of ether oxygens (including phenoxy) is 5. The van der Waals surface area contributed by atoms with E-state index in [0.717, 1.165) is 0 Å². The van der Waals surface area contributed by atoms with Crippen molar-refractivity contribution in [1.29, 1.82) is 0 Å². The van der Waals surface area contributed by atoms with Gasteiger partial charge in [-0.05, 0) is 36.4 Å². The van der Waals surface area contributed by atoms with E-state index in [9.17, 15) is 30.0 Å². The molecule has 1 saturated heterocycles. The number of aliphatic hydroxyl groups excluding tert-OH is 3. The molecule has 13 nitrogen and oxygen atoms in total. The summed E-state index contributed by atoms with van der Waals surface area (Å²) in [4.78, 5) is 26.1. The van der Waals surface area contributed by atoms with Gasteiger partial charge in [-0.2, -0.15) is 0 Å². The SMILES string of the molecule is COc1ccc(-c2cc(=O)c3c(O)c(OC)c(OC4OC(C(=O)Nc5ccccc5OC)C(O)C(O)C4O)cc3o2)cc1. The van der Waals surface area contributed by atoms with Gasteiger partial charge in [0.25, 0.3) is 5.91 Å². The predicted octanol–water partition coefficient (Wildman–Crippen LogP) is 2.02. The highest BCUT2D eigenvalue weighted by Gasteiger charge is 2.48. The molecule has 5 atom stereocenters. The van der Waals surface area contributed by atoms with Crippen LogP contribution in [0.4, 0.5) is 5.69 Å². The van der Waals surface area contributed by atoms with Crippen molar-refractivity contribution in [3.8, 4) is 40.1 Å². The number of fused-ring (bicyclic) bond motifs is 1. The van der Waals surface area contributed by atoms with Gasteiger partial charge in [-0.3, -0.25) is 9.59 Å². The summed E-state index contributed by atoms with van der Waals surface area (Å²) in [5.74, 6) is -0.917. The summed E-state index contributed by atoms with van der Waals surface area (Å²) in [6, 6.07) is 15.7. The van der Waals surface area contributed by atoms with Gasteiger partial charge in [0, 0.05) is 17.7 Å². The number of hydrogen-bond donors (Lipinski definition) is 5. The molecule has 0 bridgehead atoms. The number of anilines is 1. The molecule has 5 N–H and O–H groups in total. The van der Waals surface area contributed by atoms with Crippen LogP contribution in [0.3, 0.4) is 0 Å². The van der Waals surface area contributed by atoms with Crippen molar-refractivity contribution in [3.05, 3.63) is 70.9 Å². The molecule has 0 radical (unpaired) electrons. The molecular weight excluding hydrogens is 566 g/mol. The Balaban J connectivity index is 1.48. The van der Waals surface area contributed by atoms with Crippen molar-refractivity contribution in [2.75, 3.05) is 26.6 Å². The number of methoxy groups -OCH3 is 3. The largest absolute Gasteiger partial charge is 0.504 e. The van der Waals surface area contributed by atoms with E-state index in [1.807, 2.05) is 0 Å². The Labute approximate surface area is 244 Å². The van der Waals surface area contributed by atoms with Crippen molar-refractivity contribution in [1.82, 2.24) is 0 Å². The first-order valence-electron chi connectivity index (χ1n) is 13.0. The maximum Gasteiger partial charge on any atom is 0.256 e. The number of carbonyl (C=O) groups is 1. The predicted molar refractivity (Wildman–Crippen MR) is 152 cm³/mol. The van der Waals surface area contributed by atoms with Crippen LogP contribution in [0.25, 0.3) is 22.3 Å². The van der Waals surface area contributed by atoms with Crippen molar-refractivity contribution < 1.29 is 53.3 Å². The number of nitrogens with one attached hydrogen (secondary N) is 1. The van der Waals surface area contributed by atoms with Gasteiger partial charge in [0.05, 0.1) is 27.0 Å². The molecule has 4 aromatic rings. The van der Waals surface area contributed by atoms with Crippen molar-refractivity contribution in [2.45, 2.75) is 30.7 Å². The Morgan fingerprint density at radius 3 is 2.26 bits per heavy atom. The third-order valence-corrected chi connectivity index (χ3v) is 6.93. The first-order valence-corrected chi connectivity index (χ1v) is 13.0. The Bertz CT molecular complexity index is 1690. The molecule has 0 saturated carbocycles. The lowest BCUT2D eigenvalue weighted by atomic mass is 9.98. The maximum absolute atomic E-state index is 13.1. The van der Waals surface area contributed by atoms with Crippen molar-refractivity contribution in [3.63, 3.8) is 0 Å².